The summed E-state index contributed by atoms with van der Waals surface area (Å²) in [5.74, 6) is -0.0298. The van der Waals surface area contributed by atoms with E-state index in [1.165, 1.54) is 5.56 Å². The van der Waals surface area contributed by atoms with Crippen LogP contribution in [0, 0.1) is 11.3 Å². The summed E-state index contributed by atoms with van der Waals surface area (Å²) in [6.07, 6.45) is 0.704. The molecule has 1 saturated heterocycles. The van der Waals surface area contributed by atoms with E-state index in [2.05, 4.69) is 34.4 Å². The van der Waals surface area contributed by atoms with Crippen LogP contribution in [0.4, 0.5) is 0 Å². The molecule has 0 saturated carbocycles. The van der Waals surface area contributed by atoms with Crippen LogP contribution in [-0.4, -0.2) is 11.9 Å². The van der Waals surface area contributed by atoms with E-state index in [0.717, 1.165) is 5.56 Å². The smallest absolute Gasteiger partial charge is 0.239 e. The van der Waals surface area contributed by atoms with Crippen molar-refractivity contribution in [3.05, 3.63) is 71.3 Å². The van der Waals surface area contributed by atoms with E-state index < -0.39 is 0 Å². The molecule has 2 aromatic carbocycles. The van der Waals surface area contributed by atoms with E-state index in [9.17, 15) is 4.79 Å². The van der Waals surface area contributed by atoms with Gasteiger partial charge in [0.2, 0.25) is 5.91 Å². The zero-order chi connectivity index (χ0) is 16.9. The summed E-state index contributed by atoms with van der Waals surface area (Å²) in [5, 5.41) is 11.9. The Hall–Kier alpha value is -2.68. The van der Waals surface area contributed by atoms with Crippen molar-refractivity contribution in [1.82, 2.24) is 16.2 Å². The van der Waals surface area contributed by atoms with Crippen LogP contribution in [-0.2, 0) is 4.79 Å². The van der Waals surface area contributed by atoms with E-state index in [1.54, 1.807) is 12.1 Å². The minimum absolute atomic E-state index is 0.0298. The Labute approximate surface area is 141 Å². The fraction of sp³-hybridized carbons (Fsp3) is 0.263. The molecule has 1 aliphatic rings. The summed E-state index contributed by atoms with van der Waals surface area (Å²) in [4.78, 5) is 12.5. The van der Waals surface area contributed by atoms with E-state index in [4.69, 9.17) is 5.26 Å². The van der Waals surface area contributed by atoms with Crippen LogP contribution in [0.3, 0.4) is 0 Å². The third-order valence-corrected chi connectivity index (χ3v) is 4.32. The summed E-state index contributed by atoms with van der Waals surface area (Å²) >= 11 is 0. The largest absolute Gasteiger partial charge is 0.348 e. The summed E-state index contributed by atoms with van der Waals surface area (Å²) in [6, 6.07) is 19.2. The number of benzene rings is 2. The number of rotatable bonds is 4. The first-order chi connectivity index (χ1) is 11.7. The van der Waals surface area contributed by atoms with Gasteiger partial charge in [0, 0.05) is 6.04 Å². The molecule has 3 atom stereocenters. The van der Waals surface area contributed by atoms with Crippen LogP contribution in [0.5, 0.6) is 0 Å². The highest BCUT2D eigenvalue weighted by molar-refractivity contribution is 5.82. The number of hydrazine groups is 1. The van der Waals surface area contributed by atoms with Crippen molar-refractivity contribution >= 4 is 5.91 Å². The molecule has 0 spiro atoms. The molecular weight excluding hydrogens is 300 g/mol. The number of hydrogen-bond acceptors (Lipinski definition) is 4. The van der Waals surface area contributed by atoms with Gasteiger partial charge in [0.05, 0.1) is 17.7 Å². The summed E-state index contributed by atoms with van der Waals surface area (Å²) in [6.45, 7) is 1.94. The second kappa shape index (κ2) is 7.26. The Morgan fingerprint density at radius 3 is 2.54 bits per heavy atom. The Bertz CT molecular complexity index is 736. The van der Waals surface area contributed by atoms with Gasteiger partial charge in [-0.25, -0.2) is 10.9 Å². The van der Waals surface area contributed by atoms with E-state index in [0.29, 0.717) is 12.0 Å². The molecule has 3 N–H and O–H groups in total. The van der Waals surface area contributed by atoms with Gasteiger partial charge in [0.15, 0.2) is 0 Å². The average Bonchev–Trinajstić information content (AvgIpc) is 3.13. The van der Waals surface area contributed by atoms with E-state index in [1.807, 2.05) is 37.3 Å². The molecule has 1 heterocycles. The molecular formula is C19H20N4O. The van der Waals surface area contributed by atoms with Crippen molar-refractivity contribution in [3.63, 3.8) is 0 Å². The Morgan fingerprint density at radius 2 is 1.88 bits per heavy atom. The topological polar surface area (TPSA) is 77.0 Å². The summed E-state index contributed by atoms with van der Waals surface area (Å²) in [7, 11) is 0. The lowest BCUT2D eigenvalue weighted by atomic mass is 10.0. The predicted octanol–water partition coefficient (Wildman–Crippen LogP) is 2.34. The van der Waals surface area contributed by atoms with Gasteiger partial charge in [-0.3, -0.25) is 4.79 Å². The monoisotopic (exact) mass is 320 g/mol. The zero-order valence-corrected chi connectivity index (χ0v) is 13.5. The Kier molecular flexibility index (Phi) is 4.90. The number of hydrogen-bond donors (Lipinski definition) is 3. The molecule has 122 valence electrons. The third-order valence-electron chi connectivity index (χ3n) is 4.32. The lowest BCUT2D eigenvalue weighted by molar-refractivity contribution is -0.123. The van der Waals surface area contributed by atoms with Gasteiger partial charge in [-0.2, -0.15) is 5.26 Å². The first kappa shape index (κ1) is 16.2. The number of carbonyl (C=O) groups is 1. The molecule has 5 heteroatoms. The van der Waals surface area contributed by atoms with Crippen LogP contribution in [0.25, 0.3) is 0 Å². The van der Waals surface area contributed by atoms with Crippen LogP contribution in [0.2, 0.25) is 0 Å². The fourth-order valence-electron chi connectivity index (χ4n) is 2.88. The van der Waals surface area contributed by atoms with Crippen molar-refractivity contribution in [2.75, 3.05) is 0 Å². The number of carbonyl (C=O) groups excluding carboxylic acids is 1. The van der Waals surface area contributed by atoms with Gasteiger partial charge >= 0.3 is 0 Å². The molecule has 3 rings (SSSR count). The molecule has 24 heavy (non-hydrogen) atoms. The highest BCUT2D eigenvalue weighted by Gasteiger charge is 2.30. The lowest BCUT2D eigenvalue weighted by Gasteiger charge is -2.17. The van der Waals surface area contributed by atoms with Crippen LogP contribution < -0.4 is 16.2 Å². The SMILES string of the molecule is CC(NC(=O)C1CC(c2ccccc2)NN1)c1ccc(C#N)cc1. The Balaban J connectivity index is 1.58. The maximum Gasteiger partial charge on any atom is 0.239 e. The van der Waals surface area contributed by atoms with Gasteiger partial charge in [-0.05, 0) is 36.6 Å². The zero-order valence-electron chi connectivity index (χ0n) is 13.5. The maximum absolute atomic E-state index is 12.5. The molecule has 0 aromatic heterocycles. The quantitative estimate of drug-likeness (QED) is 0.808. The normalized spacial score (nSPS) is 21.0. The molecule has 5 nitrogen and oxygen atoms in total. The summed E-state index contributed by atoms with van der Waals surface area (Å²) < 4.78 is 0. The molecule has 2 aromatic rings. The predicted molar refractivity (Wildman–Crippen MR) is 91.6 cm³/mol. The van der Waals surface area contributed by atoms with E-state index in [-0.39, 0.29) is 24.0 Å². The number of amides is 1. The maximum atomic E-state index is 12.5. The minimum atomic E-state index is -0.268. The Morgan fingerprint density at radius 1 is 1.17 bits per heavy atom. The van der Waals surface area contributed by atoms with Gasteiger partial charge in [-0.1, -0.05) is 42.5 Å². The molecule has 0 bridgehead atoms. The van der Waals surface area contributed by atoms with Crippen LogP contribution in [0.1, 0.15) is 42.1 Å². The molecule has 1 fully saturated rings. The lowest BCUT2D eigenvalue weighted by Crippen LogP contribution is -2.43. The van der Waals surface area contributed by atoms with Crippen molar-refractivity contribution in [1.29, 1.82) is 5.26 Å². The van der Waals surface area contributed by atoms with Gasteiger partial charge < -0.3 is 5.32 Å². The highest BCUT2D eigenvalue weighted by Crippen LogP contribution is 2.22. The van der Waals surface area contributed by atoms with Gasteiger partial charge in [0.25, 0.3) is 0 Å². The van der Waals surface area contributed by atoms with Gasteiger partial charge in [-0.15, -0.1) is 0 Å². The fourth-order valence-corrected chi connectivity index (χ4v) is 2.88. The standard InChI is InChI=1S/C19H20N4O/c1-13(15-9-7-14(12-20)8-10-15)21-19(24)18-11-17(22-23-18)16-5-3-2-4-6-16/h2-10,13,17-18,22-23H,11H2,1H3,(H,21,24). The highest BCUT2D eigenvalue weighted by atomic mass is 16.2. The van der Waals surface area contributed by atoms with Gasteiger partial charge in [0.1, 0.15) is 6.04 Å². The minimum Gasteiger partial charge on any atom is -0.348 e. The number of nitrogens with zero attached hydrogens (tertiary/aromatic N) is 1. The van der Waals surface area contributed by atoms with Crippen molar-refractivity contribution < 1.29 is 4.79 Å². The molecule has 0 radical (unpaired) electrons. The summed E-state index contributed by atoms with van der Waals surface area (Å²) in [5.41, 5.74) is 9.02. The van der Waals surface area contributed by atoms with Crippen molar-refractivity contribution in [2.45, 2.75) is 31.5 Å². The molecule has 1 amide bonds. The first-order valence-electron chi connectivity index (χ1n) is 8.04. The van der Waals surface area contributed by atoms with Crippen LogP contribution >= 0.6 is 0 Å². The molecule has 1 aliphatic heterocycles. The second-order valence-electron chi connectivity index (χ2n) is 6.00. The third kappa shape index (κ3) is 3.62. The van der Waals surface area contributed by atoms with Crippen molar-refractivity contribution in [2.24, 2.45) is 0 Å². The average molecular weight is 320 g/mol. The second-order valence-corrected chi connectivity index (χ2v) is 6.00. The van der Waals surface area contributed by atoms with Crippen molar-refractivity contribution in [3.8, 4) is 6.07 Å². The number of nitrogens with one attached hydrogen (secondary N) is 3. The number of nitriles is 1. The molecule has 3 unspecified atom stereocenters. The molecule has 0 aliphatic carbocycles. The van der Waals surface area contributed by atoms with Crippen LogP contribution in [0.15, 0.2) is 54.6 Å². The first-order valence-corrected chi connectivity index (χ1v) is 8.04. The van der Waals surface area contributed by atoms with E-state index >= 15 is 0 Å².